The Kier molecular flexibility index (Phi) is 5.83. The summed E-state index contributed by atoms with van der Waals surface area (Å²) in [6.07, 6.45) is -0.318. The number of hydrogen-bond acceptors (Lipinski definition) is 3. The summed E-state index contributed by atoms with van der Waals surface area (Å²) in [5.74, 6) is 0.935. The van der Waals surface area contributed by atoms with Crippen molar-refractivity contribution in [2.75, 3.05) is 18.0 Å². The van der Waals surface area contributed by atoms with Gasteiger partial charge in [-0.25, -0.2) is 9.78 Å². The van der Waals surface area contributed by atoms with Crippen LogP contribution in [0.1, 0.15) is 29.5 Å². The van der Waals surface area contributed by atoms with Gasteiger partial charge in [0.2, 0.25) is 0 Å². The van der Waals surface area contributed by atoms with Crippen molar-refractivity contribution in [1.82, 2.24) is 15.6 Å². The fraction of sp³-hybridized carbons (Fsp3) is 0.368. The summed E-state index contributed by atoms with van der Waals surface area (Å²) in [6, 6.07) is 8.29. The lowest BCUT2D eigenvalue weighted by Crippen LogP contribution is -2.34. The Balaban J connectivity index is 1.46. The van der Waals surface area contributed by atoms with Gasteiger partial charge in [-0.05, 0) is 42.2 Å². The molecule has 8 heteroatoms. The Hall–Kier alpha value is -2.77. The fourth-order valence-electron chi connectivity index (χ4n) is 2.94. The molecule has 2 aromatic rings. The van der Waals surface area contributed by atoms with Crippen LogP contribution in [-0.2, 0) is 19.3 Å². The average Bonchev–Trinajstić information content (AvgIpc) is 3.19. The van der Waals surface area contributed by atoms with Crippen LogP contribution in [0.15, 0.2) is 42.6 Å². The number of amides is 2. The SMILES string of the molecule is O=C(NCc1ccc(N2CCCC2)nc1)NCc1cccc(C(F)(F)F)c1. The second-order valence-corrected chi connectivity index (χ2v) is 6.45. The first-order valence-corrected chi connectivity index (χ1v) is 8.79. The average molecular weight is 378 g/mol. The first-order chi connectivity index (χ1) is 12.9. The molecule has 2 amide bonds. The van der Waals surface area contributed by atoms with Gasteiger partial charge in [0, 0.05) is 32.4 Å². The molecular formula is C19H21F3N4O. The lowest BCUT2D eigenvalue weighted by Gasteiger charge is -2.16. The number of anilines is 1. The minimum Gasteiger partial charge on any atom is -0.357 e. The van der Waals surface area contributed by atoms with Gasteiger partial charge in [0.1, 0.15) is 5.82 Å². The van der Waals surface area contributed by atoms with Crippen LogP contribution in [-0.4, -0.2) is 24.1 Å². The molecule has 1 aromatic carbocycles. The molecular weight excluding hydrogens is 357 g/mol. The molecule has 1 aliphatic rings. The van der Waals surface area contributed by atoms with Crippen LogP contribution in [0.25, 0.3) is 0 Å². The molecule has 5 nitrogen and oxygen atoms in total. The third kappa shape index (κ3) is 5.35. The summed E-state index contributed by atoms with van der Waals surface area (Å²) in [7, 11) is 0. The standard InChI is InChI=1S/C19H21F3N4O/c20-19(21,22)16-5-3-4-14(10-16)11-24-18(27)25-13-15-6-7-17(23-12-15)26-8-1-2-9-26/h3-7,10,12H,1-2,8-9,11,13H2,(H2,24,25,27). The zero-order chi connectivity index (χ0) is 19.3. The first-order valence-electron chi connectivity index (χ1n) is 8.79. The number of pyridine rings is 1. The Morgan fingerprint density at radius 1 is 1.04 bits per heavy atom. The van der Waals surface area contributed by atoms with Gasteiger partial charge in [0.25, 0.3) is 0 Å². The molecule has 2 N–H and O–H groups in total. The van der Waals surface area contributed by atoms with Crippen molar-refractivity contribution in [3.8, 4) is 0 Å². The summed E-state index contributed by atoms with van der Waals surface area (Å²) < 4.78 is 38.1. The van der Waals surface area contributed by atoms with Gasteiger partial charge in [0.05, 0.1) is 5.56 Å². The van der Waals surface area contributed by atoms with E-state index in [2.05, 4.69) is 20.5 Å². The number of nitrogens with one attached hydrogen (secondary N) is 2. The highest BCUT2D eigenvalue weighted by molar-refractivity contribution is 5.73. The smallest absolute Gasteiger partial charge is 0.357 e. The van der Waals surface area contributed by atoms with Gasteiger partial charge in [-0.3, -0.25) is 0 Å². The third-order valence-corrected chi connectivity index (χ3v) is 4.40. The molecule has 0 saturated carbocycles. The second-order valence-electron chi connectivity index (χ2n) is 6.45. The molecule has 0 atom stereocenters. The number of halogens is 3. The second kappa shape index (κ2) is 8.28. The Morgan fingerprint density at radius 3 is 2.37 bits per heavy atom. The van der Waals surface area contributed by atoms with Crippen molar-refractivity contribution in [3.63, 3.8) is 0 Å². The van der Waals surface area contributed by atoms with E-state index in [4.69, 9.17) is 0 Å². The molecule has 27 heavy (non-hydrogen) atoms. The minimum atomic E-state index is -4.40. The minimum absolute atomic E-state index is 0.0158. The van der Waals surface area contributed by atoms with E-state index in [1.54, 1.807) is 6.20 Å². The highest BCUT2D eigenvalue weighted by atomic mass is 19.4. The van der Waals surface area contributed by atoms with E-state index in [0.29, 0.717) is 12.1 Å². The van der Waals surface area contributed by atoms with E-state index < -0.39 is 17.8 Å². The number of alkyl halides is 3. The maximum Gasteiger partial charge on any atom is 0.416 e. The largest absolute Gasteiger partial charge is 0.416 e. The number of urea groups is 1. The van der Waals surface area contributed by atoms with E-state index in [1.807, 2.05) is 12.1 Å². The Bertz CT molecular complexity index is 771. The predicted molar refractivity (Wildman–Crippen MR) is 96.2 cm³/mol. The van der Waals surface area contributed by atoms with Crippen LogP contribution in [0.2, 0.25) is 0 Å². The summed E-state index contributed by atoms with van der Waals surface area (Å²) in [4.78, 5) is 18.5. The highest BCUT2D eigenvalue weighted by Gasteiger charge is 2.30. The number of rotatable bonds is 5. The van der Waals surface area contributed by atoms with Crippen LogP contribution < -0.4 is 15.5 Å². The van der Waals surface area contributed by atoms with Crippen molar-refractivity contribution in [3.05, 3.63) is 59.3 Å². The van der Waals surface area contributed by atoms with Crippen LogP contribution in [0.3, 0.4) is 0 Å². The van der Waals surface area contributed by atoms with Crippen LogP contribution >= 0.6 is 0 Å². The number of aromatic nitrogens is 1. The Morgan fingerprint density at radius 2 is 1.74 bits per heavy atom. The molecule has 0 bridgehead atoms. The molecule has 1 aliphatic heterocycles. The van der Waals surface area contributed by atoms with Gasteiger partial charge < -0.3 is 15.5 Å². The molecule has 144 valence electrons. The summed E-state index contributed by atoms with van der Waals surface area (Å²) >= 11 is 0. The van der Waals surface area contributed by atoms with E-state index in [1.165, 1.54) is 25.0 Å². The van der Waals surface area contributed by atoms with Crippen LogP contribution in [0, 0.1) is 0 Å². The molecule has 0 unspecified atom stereocenters. The quantitative estimate of drug-likeness (QED) is 0.834. The number of carbonyl (C=O) groups excluding carboxylic acids is 1. The molecule has 1 aromatic heterocycles. The van der Waals surface area contributed by atoms with Crippen molar-refractivity contribution in [1.29, 1.82) is 0 Å². The number of benzene rings is 1. The van der Waals surface area contributed by atoms with Gasteiger partial charge in [-0.1, -0.05) is 18.2 Å². The van der Waals surface area contributed by atoms with Gasteiger partial charge in [0.15, 0.2) is 0 Å². The summed E-state index contributed by atoms with van der Waals surface area (Å²) in [5.41, 5.74) is 0.509. The molecule has 1 saturated heterocycles. The maximum absolute atomic E-state index is 12.7. The van der Waals surface area contributed by atoms with Crippen molar-refractivity contribution >= 4 is 11.8 Å². The molecule has 0 radical (unpaired) electrons. The van der Waals surface area contributed by atoms with Gasteiger partial charge >= 0.3 is 12.2 Å². The predicted octanol–water partition coefficient (Wildman–Crippen LogP) is 3.70. The molecule has 0 spiro atoms. The van der Waals surface area contributed by atoms with E-state index in [-0.39, 0.29) is 6.54 Å². The molecule has 3 rings (SSSR count). The van der Waals surface area contributed by atoms with Crippen molar-refractivity contribution in [2.24, 2.45) is 0 Å². The lowest BCUT2D eigenvalue weighted by atomic mass is 10.1. The monoisotopic (exact) mass is 378 g/mol. The summed E-state index contributed by atoms with van der Waals surface area (Å²) in [6.45, 7) is 2.34. The van der Waals surface area contributed by atoms with Crippen LogP contribution in [0.5, 0.6) is 0 Å². The Labute approximate surface area is 155 Å². The fourth-order valence-corrected chi connectivity index (χ4v) is 2.94. The number of carbonyl (C=O) groups is 1. The van der Waals surface area contributed by atoms with E-state index in [0.717, 1.165) is 36.6 Å². The molecule has 0 aliphatic carbocycles. The van der Waals surface area contributed by atoms with E-state index >= 15 is 0 Å². The van der Waals surface area contributed by atoms with Crippen LogP contribution in [0.4, 0.5) is 23.8 Å². The summed E-state index contributed by atoms with van der Waals surface area (Å²) in [5, 5.41) is 5.24. The van der Waals surface area contributed by atoms with Gasteiger partial charge in [-0.2, -0.15) is 13.2 Å². The topological polar surface area (TPSA) is 57.3 Å². The zero-order valence-electron chi connectivity index (χ0n) is 14.7. The maximum atomic E-state index is 12.7. The first kappa shape index (κ1) is 19.0. The lowest BCUT2D eigenvalue weighted by molar-refractivity contribution is -0.137. The normalized spacial score (nSPS) is 14.3. The number of hydrogen-bond donors (Lipinski definition) is 2. The van der Waals surface area contributed by atoms with Crippen molar-refractivity contribution < 1.29 is 18.0 Å². The molecule has 2 heterocycles. The number of nitrogens with zero attached hydrogens (tertiary/aromatic N) is 2. The van der Waals surface area contributed by atoms with E-state index in [9.17, 15) is 18.0 Å². The molecule has 1 fully saturated rings. The zero-order valence-corrected chi connectivity index (χ0v) is 14.7. The third-order valence-electron chi connectivity index (χ3n) is 4.40. The van der Waals surface area contributed by atoms with Crippen molar-refractivity contribution in [2.45, 2.75) is 32.1 Å². The highest BCUT2D eigenvalue weighted by Crippen LogP contribution is 2.29. The van der Waals surface area contributed by atoms with Gasteiger partial charge in [-0.15, -0.1) is 0 Å².